The number of hydrogen-bond donors (Lipinski definition) is 1. The van der Waals surface area contributed by atoms with Crippen molar-refractivity contribution in [2.24, 2.45) is 5.92 Å². The summed E-state index contributed by atoms with van der Waals surface area (Å²) in [5.41, 5.74) is 1.03. The summed E-state index contributed by atoms with van der Waals surface area (Å²) < 4.78 is 1.04. The monoisotopic (exact) mass is 262 g/mol. The molecule has 0 bridgehead atoms. The molecule has 0 saturated heterocycles. The van der Waals surface area contributed by atoms with Gasteiger partial charge in [0.15, 0.2) is 0 Å². The first kappa shape index (κ1) is 11.2. The number of rotatable bonds is 4. The van der Waals surface area contributed by atoms with E-state index in [1.54, 1.807) is 11.3 Å². The summed E-state index contributed by atoms with van der Waals surface area (Å²) in [6.07, 6.45) is 1.67. The molecule has 3 heteroatoms. The minimum absolute atomic E-state index is 0.310. The molecule has 1 aromatic rings. The lowest BCUT2D eigenvalue weighted by molar-refractivity contribution is 0.146. The zero-order chi connectivity index (χ0) is 9.84. The molecule has 2 unspecified atom stereocenters. The molecule has 1 nitrogen and oxygen atoms in total. The van der Waals surface area contributed by atoms with Crippen molar-refractivity contribution >= 4 is 27.3 Å². The van der Waals surface area contributed by atoms with Gasteiger partial charge in [0.1, 0.15) is 0 Å². The first-order valence-corrected chi connectivity index (χ1v) is 6.28. The highest BCUT2D eigenvalue weighted by Gasteiger charge is 2.14. The van der Waals surface area contributed by atoms with Crippen LogP contribution in [0.5, 0.6) is 0 Å². The SMILES string of the molecule is CCC(C)CC(O)c1cscc1Br. The molecule has 0 aromatic carbocycles. The van der Waals surface area contributed by atoms with Gasteiger partial charge in [0.05, 0.1) is 6.10 Å². The van der Waals surface area contributed by atoms with Crippen LogP contribution in [-0.2, 0) is 0 Å². The summed E-state index contributed by atoms with van der Waals surface area (Å²) in [5, 5.41) is 13.9. The molecule has 0 amide bonds. The maximum atomic E-state index is 9.87. The number of halogens is 1. The van der Waals surface area contributed by atoms with Crippen LogP contribution in [-0.4, -0.2) is 5.11 Å². The molecule has 0 aliphatic rings. The Morgan fingerprint density at radius 2 is 2.23 bits per heavy atom. The van der Waals surface area contributed by atoms with Gasteiger partial charge >= 0.3 is 0 Å². The predicted octanol–water partition coefficient (Wildman–Crippen LogP) is 3.98. The fourth-order valence-corrected chi connectivity index (χ4v) is 2.81. The molecule has 74 valence electrons. The normalized spacial score (nSPS) is 15.7. The maximum absolute atomic E-state index is 9.87. The summed E-state index contributed by atoms with van der Waals surface area (Å²) >= 11 is 5.05. The molecule has 0 saturated carbocycles. The van der Waals surface area contributed by atoms with Gasteiger partial charge in [0.2, 0.25) is 0 Å². The summed E-state index contributed by atoms with van der Waals surface area (Å²) in [6.45, 7) is 4.32. The molecule has 0 spiro atoms. The smallest absolute Gasteiger partial charge is 0.0811 e. The summed E-state index contributed by atoms with van der Waals surface area (Å²) in [7, 11) is 0. The van der Waals surface area contributed by atoms with Gasteiger partial charge in [-0.15, -0.1) is 0 Å². The van der Waals surface area contributed by atoms with E-state index in [1.807, 2.05) is 10.8 Å². The molecule has 1 heterocycles. The van der Waals surface area contributed by atoms with Gasteiger partial charge in [-0.3, -0.25) is 0 Å². The molecular formula is C10H15BrOS. The van der Waals surface area contributed by atoms with Gasteiger partial charge in [0, 0.05) is 15.4 Å². The van der Waals surface area contributed by atoms with Crippen LogP contribution in [0, 0.1) is 5.92 Å². The fourth-order valence-electron chi connectivity index (χ4n) is 1.20. The predicted molar refractivity (Wildman–Crippen MR) is 61.1 cm³/mol. The third kappa shape index (κ3) is 3.08. The van der Waals surface area contributed by atoms with E-state index in [9.17, 15) is 5.11 Å². The van der Waals surface area contributed by atoms with Crippen molar-refractivity contribution in [2.45, 2.75) is 32.8 Å². The second-order valence-corrected chi connectivity index (χ2v) is 5.04. The number of aliphatic hydroxyl groups excluding tert-OH is 1. The molecule has 0 aliphatic heterocycles. The molecule has 13 heavy (non-hydrogen) atoms. The Kier molecular flexibility index (Phi) is 4.42. The lowest BCUT2D eigenvalue weighted by Crippen LogP contribution is -2.03. The van der Waals surface area contributed by atoms with E-state index in [-0.39, 0.29) is 6.10 Å². The van der Waals surface area contributed by atoms with E-state index in [4.69, 9.17) is 0 Å². The zero-order valence-corrected chi connectivity index (χ0v) is 10.4. The Bertz CT molecular complexity index is 259. The van der Waals surface area contributed by atoms with Crippen molar-refractivity contribution in [3.8, 4) is 0 Å². The van der Waals surface area contributed by atoms with Crippen LogP contribution in [0.3, 0.4) is 0 Å². The van der Waals surface area contributed by atoms with Gasteiger partial charge in [0.25, 0.3) is 0 Å². The number of thiophene rings is 1. The van der Waals surface area contributed by atoms with Crippen LogP contribution in [0.25, 0.3) is 0 Å². The molecule has 0 aliphatic carbocycles. The van der Waals surface area contributed by atoms with Crippen LogP contribution < -0.4 is 0 Å². The van der Waals surface area contributed by atoms with E-state index >= 15 is 0 Å². The van der Waals surface area contributed by atoms with Gasteiger partial charge in [-0.2, -0.15) is 11.3 Å². The van der Waals surface area contributed by atoms with E-state index < -0.39 is 0 Å². The first-order chi connectivity index (χ1) is 6.15. The van der Waals surface area contributed by atoms with Crippen molar-refractivity contribution in [1.29, 1.82) is 0 Å². The molecule has 1 N–H and O–H groups in total. The Hall–Kier alpha value is 0.140. The molecule has 1 aromatic heterocycles. The van der Waals surface area contributed by atoms with Crippen molar-refractivity contribution < 1.29 is 5.11 Å². The molecule has 1 rings (SSSR count). The number of aliphatic hydroxyl groups is 1. The van der Waals surface area contributed by atoms with E-state index in [1.165, 1.54) is 0 Å². The van der Waals surface area contributed by atoms with Gasteiger partial charge in [-0.05, 0) is 33.6 Å². The lowest BCUT2D eigenvalue weighted by Gasteiger charge is -2.14. The average Bonchev–Trinajstić information content (AvgIpc) is 2.51. The summed E-state index contributed by atoms with van der Waals surface area (Å²) in [5.74, 6) is 0.585. The minimum atomic E-state index is -0.310. The maximum Gasteiger partial charge on any atom is 0.0811 e. The van der Waals surface area contributed by atoms with Gasteiger partial charge < -0.3 is 5.11 Å². The third-order valence-corrected chi connectivity index (χ3v) is 4.08. The Morgan fingerprint density at radius 3 is 2.69 bits per heavy atom. The Labute approximate surface area is 91.9 Å². The largest absolute Gasteiger partial charge is 0.388 e. The second-order valence-electron chi connectivity index (χ2n) is 3.44. The quantitative estimate of drug-likeness (QED) is 0.871. The second kappa shape index (κ2) is 5.13. The van der Waals surface area contributed by atoms with Gasteiger partial charge in [-0.25, -0.2) is 0 Å². The molecule has 2 atom stereocenters. The topological polar surface area (TPSA) is 20.2 Å². The van der Waals surface area contributed by atoms with Crippen molar-refractivity contribution in [3.63, 3.8) is 0 Å². The van der Waals surface area contributed by atoms with Crippen molar-refractivity contribution in [1.82, 2.24) is 0 Å². The molecule has 0 fully saturated rings. The Balaban J connectivity index is 2.58. The van der Waals surface area contributed by atoms with Crippen molar-refractivity contribution in [3.05, 3.63) is 20.8 Å². The minimum Gasteiger partial charge on any atom is -0.388 e. The molecular weight excluding hydrogens is 248 g/mol. The van der Waals surface area contributed by atoms with E-state index in [0.29, 0.717) is 5.92 Å². The van der Waals surface area contributed by atoms with Gasteiger partial charge in [-0.1, -0.05) is 20.3 Å². The number of hydrogen-bond acceptors (Lipinski definition) is 2. The fraction of sp³-hybridized carbons (Fsp3) is 0.600. The third-order valence-electron chi connectivity index (χ3n) is 2.32. The van der Waals surface area contributed by atoms with Crippen LogP contribution in [0.15, 0.2) is 15.2 Å². The zero-order valence-electron chi connectivity index (χ0n) is 7.96. The van der Waals surface area contributed by atoms with Crippen LogP contribution in [0.1, 0.15) is 38.4 Å². The average molecular weight is 263 g/mol. The van der Waals surface area contributed by atoms with Crippen LogP contribution >= 0.6 is 27.3 Å². The van der Waals surface area contributed by atoms with Crippen LogP contribution in [0.4, 0.5) is 0 Å². The molecule has 0 radical (unpaired) electrons. The van der Waals surface area contributed by atoms with Crippen molar-refractivity contribution in [2.75, 3.05) is 0 Å². The highest BCUT2D eigenvalue weighted by molar-refractivity contribution is 9.10. The van der Waals surface area contributed by atoms with E-state index in [0.717, 1.165) is 22.9 Å². The van der Waals surface area contributed by atoms with E-state index in [2.05, 4.69) is 29.8 Å². The summed E-state index contributed by atoms with van der Waals surface area (Å²) in [6, 6.07) is 0. The summed E-state index contributed by atoms with van der Waals surface area (Å²) in [4.78, 5) is 0. The highest BCUT2D eigenvalue weighted by Crippen LogP contribution is 2.31. The first-order valence-electron chi connectivity index (χ1n) is 4.54. The Morgan fingerprint density at radius 1 is 1.54 bits per heavy atom. The van der Waals surface area contributed by atoms with Crippen LogP contribution in [0.2, 0.25) is 0 Å². The lowest BCUT2D eigenvalue weighted by atomic mass is 9.98. The highest BCUT2D eigenvalue weighted by atomic mass is 79.9. The standard InChI is InChI=1S/C10H15BrOS/c1-3-7(2)4-10(12)8-5-13-6-9(8)11/h5-7,10,12H,3-4H2,1-2H3.